The molecule has 33 heavy (non-hydrogen) atoms. The molecular weight excluding hydrogens is 416 g/mol. The number of hydrogen-bond acceptors (Lipinski definition) is 4. The molecule has 0 bridgehead atoms. The van der Waals surface area contributed by atoms with Gasteiger partial charge in [-0.1, -0.05) is 48.4 Å². The second-order valence-corrected chi connectivity index (χ2v) is 7.21. The standard InChI is InChI=1S/C26H20N4O3/c1-3-18-10-9-13-20(16-18)29(17-23(31)27-2)26(33)24-21-14-7-8-15-22(21)25(32)30(28-24)19-11-5-4-6-12-19/h1,4-16H,17H2,2H3,(H,27,31). The number of carbonyl (C=O) groups excluding carboxylic acids is 2. The van der Waals surface area contributed by atoms with Gasteiger partial charge in [-0.15, -0.1) is 6.42 Å². The van der Waals surface area contributed by atoms with E-state index >= 15 is 0 Å². The van der Waals surface area contributed by atoms with Gasteiger partial charge in [0.25, 0.3) is 11.5 Å². The van der Waals surface area contributed by atoms with Gasteiger partial charge >= 0.3 is 0 Å². The van der Waals surface area contributed by atoms with Crippen LogP contribution in [0.25, 0.3) is 16.5 Å². The molecule has 0 aliphatic carbocycles. The summed E-state index contributed by atoms with van der Waals surface area (Å²) < 4.78 is 1.20. The largest absolute Gasteiger partial charge is 0.358 e. The third-order valence-corrected chi connectivity index (χ3v) is 5.16. The fourth-order valence-corrected chi connectivity index (χ4v) is 3.49. The number of likely N-dealkylation sites (N-methyl/N-ethyl adjacent to an activating group) is 1. The number of hydrogen-bond donors (Lipinski definition) is 1. The van der Waals surface area contributed by atoms with Crippen molar-refractivity contribution >= 4 is 28.3 Å². The Morgan fingerprint density at radius 3 is 2.39 bits per heavy atom. The lowest BCUT2D eigenvalue weighted by atomic mass is 10.1. The summed E-state index contributed by atoms with van der Waals surface area (Å²) in [6.45, 7) is -0.246. The molecule has 0 fully saturated rings. The summed E-state index contributed by atoms with van der Waals surface area (Å²) in [6.07, 6.45) is 5.53. The van der Waals surface area contributed by atoms with Crippen LogP contribution in [-0.2, 0) is 4.79 Å². The Morgan fingerprint density at radius 2 is 1.70 bits per heavy atom. The molecule has 0 atom stereocenters. The number of benzene rings is 3. The molecule has 7 heteroatoms. The molecule has 7 nitrogen and oxygen atoms in total. The molecule has 1 aromatic heterocycles. The third-order valence-electron chi connectivity index (χ3n) is 5.16. The number of nitrogens with zero attached hydrogens (tertiary/aromatic N) is 3. The number of aromatic nitrogens is 2. The first-order valence-electron chi connectivity index (χ1n) is 10.2. The SMILES string of the molecule is C#Cc1cccc(N(CC(=O)NC)C(=O)c2nn(-c3ccccc3)c(=O)c3ccccc23)c1. The van der Waals surface area contributed by atoms with Crippen LogP contribution in [-0.4, -0.2) is 35.2 Å². The fraction of sp³-hybridized carbons (Fsp3) is 0.0769. The fourth-order valence-electron chi connectivity index (χ4n) is 3.49. The maximum absolute atomic E-state index is 13.8. The summed E-state index contributed by atoms with van der Waals surface area (Å²) in [5, 5.41) is 7.71. The average molecular weight is 436 g/mol. The summed E-state index contributed by atoms with van der Waals surface area (Å²) in [4.78, 5) is 40.5. The Kier molecular flexibility index (Phi) is 6.00. The van der Waals surface area contributed by atoms with E-state index < -0.39 is 5.91 Å². The molecule has 0 saturated heterocycles. The summed E-state index contributed by atoms with van der Waals surface area (Å²) in [5.74, 6) is 1.64. The van der Waals surface area contributed by atoms with E-state index in [9.17, 15) is 14.4 Å². The Balaban J connectivity index is 1.94. The van der Waals surface area contributed by atoms with Crippen LogP contribution in [0.5, 0.6) is 0 Å². The van der Waals surface area contributed by atoms with Crippen LogP contribution in [0.3, 0.4) is 0 Å². The van der Waals surface area contributed by atoms with Gasteiger partial charge in [-0.3, -0.25) is 19.3 Å². The molecule has 0 spiro atoms. The Morgan fingerprint density at radius 1 is 1.00 bits per heavy atom. The van der Waals surface area contributed by atoms with Crippen molar-refractivity contribution in [1.29, 1.82) is 0 Å². The van der Waals surface area contributed by atoms with E-state index in [1.807, 2.05) is 6.07 Å². The van der Waals surface area contributed by atoms with Gasteiger partial charge in [-0.25, -0.2) is 0 Å². The maximum atomic E-state index is 13.8. The van der Waals surface area contributed by atoms with Crippen LogP contribution in [0, 0.1) is 12.3 Å². The van der Waals surface area contributed by atoms with Crippen molar-refractivity contribution in [3.05, 3.63) is 100 Å². The molecule has 2 amide bonds. The van der Waals surface area contributed by atoms with Crippen molar-refractivity contribution in [1.82, 2.24) is 15.1 Å². The minimum atomic E-state index is -0.534. The second kappa shape index (κ2) is 9.20. The van der Waals surface area contributed by atoms with Gasteiger partial charge in [0, 0.05) is 23.7 Å². The second-order valence-electron chi connectivity index (χ2n) is 7.21. The normalized spacial score (nSPS) is 10.4. The summed E-state index contributed by atoms with van der Waals surface area (Å²) in [6, 6.07) is 22.4. The number of rotatable bonds is 5. The zero-order valence-electron chi connectivity index (χ0n) is 17.9. The van der Waals surface area contributed by atoms with E-state index in [4.69, 9.17) is 6.42 Å². The number of fused-ring (bicyclic) bond motifs is 1. The van der Waals surface area contributed by atoms with Crippen LogP contribution < -0.4 is 15.8 Å². The van der Waals surface area contributed by atoms with Gasteiger partial charge in [0.15, 0.2) is 5.69 Å². The average Bonchev–Trinajstić information content (AvgIpc) is 2.87. The number of terminal acetylenes is 1. The predicted octanol–water partition coefficient (Wildman–Crippen LogP) is 2.76. The minimum absolute atomic E-state index is 0.0454. The van der Waals surface area contributed by atoms with E-state index in [0.29, 0.717) is 27.7 Å². The first-order valence-corrected chi connectivity index (χ1v) is 10.2. The minimum Gasteiger partial charge on any atom is -0.358 e. The van der Waals surface area contributed by atoms with Crippen molar-refractivity contribution in [3.8, 4) is 18.0 Å². The molecule has 3 aromatic carbocycles. The number of para-hydroxylation sites is 1. The van der Waals surface area contributed by atoms with Gasteiger partial charge in [-0.2, -0.15) is 9.78 Å². The third kappa shape index (κ3) is 4.23. The van der Waals surface area contributed by atoms with Crippen LogP contribution in [0.2, 0.25) is 0 Å². The summed E-state index contributed by atoms with van der Waals surface area (Å²) in [5.41, 5.74) is 1.23. The lowest BCUT2D eigenvalue weighted by Crippen LogP contribution is -2.41. The van der Waals surface area contributed by atoms with Crippen molar-refractivity contribution in [2.75, 3.05) is 18.5 Å². The number of amides is 2. The van der Waals surface area contributed by atoms with Crippen LogP contribution >= 0.6 is 0 Å². The van der Waals surface area contributed by atoms with Crippen LogP contribution in [0.1, 0.15) is 16.1 Å². The summed E-state index contributed by atoms with van der Waals surface area (Å²) >= 11 is 0. The number of anilines is 1. The zero-order valence-corrected chi connectivity index (χ0v) is 17.9. The van der Waals surface area contributed by atoms with Gasteiger partial charge in [0.2, 0.25) is 5.91 Å². The highest BCUT2D eigenvalue weighted by Gasteiger charge is 2.25. The smallest absolute Gasteiger partial charge is 0.279 e. The Hall–Kier alpha value is -4.70. The lowest BCUT2D eigenvalue weighted by Gasteiger charge is -2.23. The van der Waals surface area contributed by atoms with E-state index in [1.165, 1.54) is 16.6 Å². The molecule has 162 valence electrons. The highest BCUT2D eigenvalue weighted by molar-refractivity contribution is 6.14. The van der Waals surface area contributed by atoms with Crippen molar-refractivity contribution in [2.24, 2.45) is 0 Å². The van der Waals surface area contributed by atoms with Crippen molar-refractivity contribution in [2.45, 2.75) is 0 Å². The highest BCUT2D eigenvalue weighted by Crippen LogP contribution is 2.22. The predicted molar refractivity (Wildman–Crippen MR) is 127 cm³/mol. The zero-order chi connectivity index (χ0) is 23.4. The molecule has 1 heterocycles. The van der Waals surface area contributed by atoms with E-state index in [0.717, 1.165) is 0 Å². The van der Waals surface area contributed by atoms with E-state index in [-0.39, 0.29) is 23.7 Å². The van der Waals surface area contributed by atoms with Crippen LogP contribution in [0.15, 0.2) is 83.7 Å². The topological polar surface area (TPSA) is 84.3 Å². The Labute approximate surface area is 190 Å². The molecule has 4 rings (SSSR count). The molecule has 0 radical (unpaired) electrons. The first kappa shape index (κ1) is 21.5. The van der Waals surface area contributed by atoms with Gasteiger partial charge in [0.1, 0.15) is 6.54 Å². The van der Waals surface area contributed by atoms with Crippen molar-refractivity contribution < 1.29 is 9.59 Å². The molecule has 0 aliphatic rings. The quantitative estimate of drug-likeness (QED) is 0.488. The van der Waals surface area contributed by atoms with E-state index in [1.54, 1.807) is 72.8 Å². The van der Waals surface area contributed by atoms with E-state index in [2.05, 4.69) is 16.3 Å². The summed E-state index contributed by atoms with van der Waals surface area (Å²) in [7, 11) is 1.49. The van der Waals surface area contributed by atoms with Gasteiger partial charge in [-0.05, 0) is 36.4 Å². The van der Waals surface area contributed by atoms with Crippen LogP contribution in [0.4, 0.5) is 5.69 Å². The van der Waals surface area contributed by atoms with Crippen molar-refractivity contribution in [3.63, 3.8) is 0 Å². The first-order chi connectivity index (χ1) is 16.0. The molecular formula is C26H20N4O3. The number of nitrogens with one attached hydrogen (secondary N) is 1. The molecule has 4 aromatic rings. The number of carbonyl (C=O) groups is 2. The van der Waals surface area contributed by atoms with Gasteiger partial charge < -0.3 is 5.32 Å². The molecule has 1 N–H and O–H groups in total. The Bertz CT molecular complexity index is 1450. The maximum Gasteiger partial charge on any atom is 0.279 e. The molecule has 0 aliphatic heterocycles. The lowest BCUT2D eigenvalue weighted by molar-refractivity contribution is -0.119. The molecule has 0 unspecified atom stereocenters. The molecule has 0 saturated carbocycles. The monoisotopic (exact) mass is 436 g/mol. The van der Waals surface area contributed by atoms with Gasteiger partial charge in [0.05, 0.1) is 11.1 Å². The highest BCUT2D eigenvalue weighted by atomic mass is 16.2.